The summed E-state index contributed by atoms with van der Waals surface area (Å²) in [7, 11) is 0. The number of carbonyl (C=O) groups excluding carboxylic acids is 1. The van der Waals surface area contributed by atoms with E-state index < -0.39 is 0 Å². The van der Waals surface area contributed by atoms with Crippen LogP contribution in [-0.4, -0.2) is 16.9 Å². The van der Waals surface area contributed by atoms with Crippen molar-refractivity contribution in [1.82, 2.24) is 10.3 Å². The average molecular weight is 287 g/mol. The fourth-order valence-electron chi connectivity index (χ4n) is 2.47. The molecule has 1 N–H and O–H groups in total. The monoisotopic (exact) mass is 286 g/mol. The van der Waals surface area contributed by atoms with Gasteiger partial charge in [-0.1, -0.05) is 19.8 Å². The largest absolute Gasteiger partial charge is 0.353 e. The van der Waals surface area contributed by atoms with Gasteiger partial charge in [0.15, 0.2) is 0 Å². The van der Waals surface area contributed by atoms with Gasteiger partial charge in [-0.3, -0.25) is 4.79 Å². The summed E-state index contributed by atoms with van der Waals surface area (Å²) in [4.78, 5) is 16.2. The van der Waals surface area contributed by atoms with Crippen LogP contribution in [0.1, 0.15) is 43.3 Å². The number of hydrogen-bond donors (Lipinski definition) is 1. The number of hydrogen-bond acceptors (Lipinski definition) is 3. The van der Waals surface area contributed by atoms with Crippen molar-refractivity contribution in [3.8, 4) is 0 Å². The van der Waals surface area contributed by atoms with Crippen LogP contribution in [0.5, 0.6) is 0 Å². The molecule has 5 heteroatoms. The summed E-state index contributed by atoms with van der Waals surface area (Å²) in [5.41, 5.74) is 0.857. The molecule has 1 fully saturated rings. The molecule has 1 aromatic heterocycles. The number of nitrogens with zero attached hydrogens (tertiary/aromatic N) is 1. The van der Waals surface area contributed by atoms with Crippen molar-refractivity contribution in [1.29, 1.82) is 0 Å². The summed E-state index contributed by atoms with van der Waals surface area (Å²) in [6.07, 6.45) is 5.11. The van der Waals surface area contributed by atoms with E-state index in [2.05, 4.69) is 17.2 Å². The number of halogens is 1. The molecule has 0 aliphatic heterocycles. The lowest BCUT2D eigenvalue weighted by molar-refractivity contribution is -0.121. The van der Waals surface area contributed by atoms with E-state index in [1.807, 2.05) is 5.38 Å². The lowest BCUT2D eigenvalue weighted by atomic mass is 9.87. The van der Waals surface area contributed by atoms with Crippen LogP contribution in [0.4, 0.5) is 0 Å². The molecule has 18 heavy (non-hydrogen) atoms. The number of aromatic nitrogens is 1. The van der Waals surface area contributed by atoms with Gasteiger partial charge in [-0.2, -0.15) is 0 Å². The summed E-state index contributed by atoms with van der Waals surface area (Å²) in [5, 5.41) is 5.89. The van der Waals surface area contributed by atoms with Crippen molar-refractivity contribution in [2.45, 2.75) is 50.9 Å². The second-order valence-electron chi connectivity index (χ2n) is 5.08. The SMILES string of the molecule is CC1CCCC(NC(=O)Cc2nc(CCl)cs2)C1. The lowest BCUT2D eigenvalue weighted by Crippen LogP contribution is -2.38. The van der Waals surface area contributed by atoms with E-state index in [9.17, 15) is 4.79 Å². The Morgan fingerprint density at radius 3 is 3.11 bits per heavy atom. The first-order valence-corrected chi connectivity index (χ1v) is 7.87. The molecule has 2 unspecified atom stereocenters. The molecule has 0 bridgehead atoms. The smallest absolute Gasteiger partial charge is 0.227 e. The highest BCUT2D eigenvalue weighted by Gasteiger charge is 2.20. The van der Waals surface area contributed by atoms with Crippen molar-refractivity contribution in [3.05, 3.63) is 16.1 Å². The minimum absolute atomic E-state index is 0.0876. The Labute approximate surface area is 117 Å². The predicted octanol–water partition coefficient (Wildman–Crippen LogP) is 3.12. The van der Waals surface area contributed by atoms with E-state index >= 15 is 0 Å². The molecule has 1 aliphatic carbocycles. The molecule has 1 amide bonds. The first-order chi connectivity index (χ1) is 8.67. The van der Waals surface area contributed by atoms with Crippen LogP contribution in [0.3, 0.4) is 0 Å². The third kappa shape index (κ3) is 3.95. The van der Waals surface area contributed by atoms with Gasteiger partial charge in [0.25, 0.3) is 0 Å². The van der Waals surface area contributed by atoms with Gasteiger partial charge in [0.1, 0.15) is 5.01 Å². The number of thiazole rings is 1. The molecule has 0 saturated heterocycles. The Hall–Kier alpha value is -0.610. The van der Waals surface area contributed by atoms with E-state index in [-0.39, 0.29) is 5.91 Å². The summed E-state index contributed by atoms with van der Waals surface area (Å²) in [6.45, 7) is 2.26. The van der Waals surface area contributed by atoms with Crippen LogP contribution in [0, 0.1) is 5.92 Å². The van der Waals surface area contributed by atoms with Crippen molar-refractivity contribution >= 4 is 28.8 Å². The summed E-state index contributed by atoms with van der Waals surface area (Å²) in [5.74, 6) is 1.23. The number of alkyl halides is 1. The third-order valence-corrected chi connectivity index (χ3v) is 4.52. The van der Waals surface area contributed by atoms with Crippen LogP contribution in [0.15, 0.2) is 5.38 Å². The minimum atomic E-state index is 0.0876. The Bertz CT molecular complexity index is 407. The van der Waals surface area contributed by atoms with E-state index in [0.29, 0.717) is 18.3 Å². The maximum Gasteiger partial charge on any atom is 0.227 e. The van der Waals surface area contributed by atoms with Crippen LogP contribution < -0.4 is 5.32 Å². The molecule has 1 aliphatic rings. The third-order valence-electron chi connectivity index (χ3n) is 3.35. The molecule has 2 rings (SSSR count). The predicted molar refractivity (Wildman–Crippen MR) is 74.9 cm³/mol. The Morgan fingerprint density at radius 2 is 2.44 bits per heavy atom. The Morgan fingerprint density at radius 1 is 1.61 bits per heavy atom. The zero-order valence-electron chi connectivity index (χ0n) is 10.6. The van der Waals surface area contributed by atoms with Gasteiger partial charge in [-0.25, -0.2) is 4.98 Å². The molecule has 0 spiro atoms. The van der Waals surface area contributed by atoms with Crippen LogP contribution in [0.2, 0.25) is 0 Å². The molecule has 0 radical (unpaired) electrons. The van der Waals surface area contributed by atoms with Gasteiger partial charge in [0.05, 0.1) is 18.0 Å². The maximum absolute atomic E-state index is 11.9. The first-order valence-electron chi connectivity index (χ1n) is 6.46. The summed E-state index contributed by atoms with van der Waals surface area (Å²) < 4.78 is 0. The fraction of sp³-hybridized carbons (Fsp3) is 0.692. The molecule has 1 heterocycles. The highest BCUT2D eigenvalue weighted by Crippen LogP contribution is 2.23. The number of nitrogens with one attached hydrogen (secondary N) is 1. The number of carbonyl (C=O) groups is 1. The molecule has 0 aromatic carbocycles. The normalized spacial score (nSPS) is 23.9. The van der Waals surface area contributed by atoms with E-state index in [1.54, 1.807) is 0 Å². The van der Waals surface area contributed by atoms with Gasteiger partial charge < -0.3 is 5.32 Å². The van der Waals surface area contributed by atoms with Gasteiger partial charge in [-0.15, -0.1) is 22.9 Å². The maximum atomic E-state index is 11.9. The number of rotatable bonds is 4. The zero-order chi connectivity index (χ0) is 13.0. The zero-order valence-corrected chi connectivity index (χ0v) is 12.2. The van der Waals surface area contributed by atoms with Crippen molar-refractivity contribution in [3.63, 3.8) is 0 Å². The Kier molecular flexibility index (Phi) is 5.01. The second-order valence-corrected chi connectivity index (χ2v) is 6.29. The van der Waals surface area contributed by atoms with Crippen molar-refractivity contribution < 1.29 is 4.79 Å². The van der Waals surface area contributed by atoms with Crippen LogP contribution in [-0.2, 0) is 17.1 Å². The molecular formula is C13H19ClN2OS. The van der Waals surface area contributed by atoms with E-state index in [0.717, 1.165) is 29.5 Å². The standard InChI is InChI=1S/C13H19ClN2OS/c1-9-3-2-4-10(5-9)15-12(17)6-13-16-11(7-14)8-18-13/h8-10H,2-7H2,1H3,(H,15,17). The topological polar surface area (TPSA) is 42.0 Å². The molecule has 1 aromatic rings. The van der Waals surface area contributed by atoms with Gasteiger partial charge in [0, 0.05) is 11.4 Å². The second kappa shape index (κ2) is 6.53. The molecule has 100 valence electrons. The Balaban J connectivity index is 1.81. The highest BCUT2D eigenvalue weighted by molar-refractivity contribution is 7.09. The first kappa shape index (κ1) is 13.8. The van der Waals surface area contributed by atoms with Gasteiger partial charge in [0.2, 0.25) is 5.91 Å². The quantitative estimate of drug-likeness (QED) is 0.864. The molecule has 2 atom stereocenters. The van der Waals surface area contributed by atoms with Gasteiger partial charge in [-0.05, 0) is 18.8 Å². The van der Waals surface area contributed by atoms with E-state index in [1.165, 1.54) is 24.2 Å². The van der Waals surface area contributed by atoms with E-state index in [4.69, 9.17) is 11.6 Å². The molecular weight excluding hydrogens is 268 g/mol. The van der Waals surface area contributed by atoms with Crippen molar-refractivity contribution in [2.75, 3.05) is 0 Å². The van der Waals surface area contributed by atoms with Crippen molar-refractivity contribution in [2.24, 2.45) is 5.92 Å². The number of amides is 1. The summed E-state index contributed by atoms with van der Waals surface area (Å²) in [6, 6.07) is 0.355. The van der Waals surface area contributed by atoms with Crippen LogP contribution >= 0.6 is 22.9 Å². The highest BCUT2D eigenvalue weighted by atomic mass is 35.5. The average Bonchev–Trinajstić information content (AvgIpc) is 2.76. The lowest BCUT2D eigenvalue weighted by Gasteiger charge is -2.27. The summed E-state index contributed by atoms with van der Waals surface area (Å²) >= 11 is 7.20. The van der Waals surface area contributed by atoms with Gasteiger partial charge >= 0.3 is 0 Å². The fourth-order valence-corrected chi connectivity index (χ4v) is 3.49. The van der Waals surface area contributed by atoms with Crippen LogP contribution in [0.25, 0.3) is 0 Å². The minimum Gasteiger partial charge on any atom is -0.353 e. The molecule has 3 nitrogen and oxygen atoms in total. The molecule has 1 saturated carbocycles.